The number of benzene rings is 1. The Bertz CT molecular complexity index is 814. The van der Waals surface area contributed by atoms with Crippen molar-refractivity contribution in [3.63, 3.8) is 0 Å². The lowest BCUT2D eigenvalue weighted by Crippen LogP contribution is -2.09. The van der Waals surface area contributed by atoms with Crippen molar-refractivity contribution in [3.8, 4) is 11.5 Å². The number of halogens is 2. The molecule has 0 fully saturated rings. The summed E-state index contributed by atoms with van der Waals surface area (Å²) in [6.45, 7) is 0. The van der Waals surface area contributed by atoms with Gasteiger partial charge in [0.05, 0.1) is 10.9 Å². The third kappa shape index (κ3) is 2.39. The van der Waals surface area contributed by atoms with Crippen molar-refractivity contribution in [2.45, 2.75) is 0 Å². The highest BCUT2D eigenvalue weighted by atomic mass is 79.9. The monoisotopic (exact) mass is 335 g/mol. The topological polar surface area (TPSA) is 58.6 Å². The highest BCUT2D eigenvalue weighted by Crippen LogP contribution is 2.18. The molecular formula is C13H7BrClN3O. The number of nitrogens with zero attached hydrogens (tertiary/aromatic N) is 2. The number of aromatic nitrogens is 3. The quantitative estimate of drug-likeness (QED) is 0.741. The van der Waals surface area contributed by atoms with Crippen molar-refractivity contribution < 1.29 is 0 Å². The molecule has 0 unspecified atom stereocenters. The van der Waals surface area contributed by atoms with Crippen LogP contribution in [0.25, 0.3) is 22.4 Å². The molecule has 0 amide bonds. The number of hydrogen-bond acceptors (Lipinski definition) is 3. The molecule has 19 heavy (non-hydrogen) atoms. The van der Waals surface area contributed by atoms with E-state index in [4.69, 9.17) is 11.6 Å². The summed E-state index contributed by atoms with van der Waals surface area (Å²) in [7, 11) is 0. The molecular weight excluding hydrogens is 330 g/mol. The van der Waals surface area contributed by atoms with Crippen molar-refractivity contribution >= 4 is 38.4 Å². The Hall–Kier alpha value is -1.72. The van der Waals surface area contributed by atoms with E-state index in [1.54, 1.807) is 30.5 Å². The van der Waals surface area contributed by atoms with Crippen LogP contribution in [0.4, 0.5) is 0 Å². The summed E-state index contributed by atoms with van der Waals surface area (Å²) in [4.78, 5) is 23.3. The highest BCUT2D eigenvalue weighted by molar-refractivity contribution is 9.10. The summed E-state index contributed by atoms with van der Waals surface area (Å²) in [5.74, 6) is 0.437. The van der Waals surface area contributed by atoms with Gasteiger partial charge in [0.1, 0.15) is 5.69 Å². The Morgan fingerprint density at radius 1 is 1.21 bits per heavy atom. The van der Waals surface area contributed by atoms with Crippen molar-refractivity contribution in [1.29, 1.82) is 0 Å². The van der Waals surface area contributed by atoms with Gasteiger partial charge in [-0.2, -0.15) is 0 Å². The molecule has 3 rings (SSSR count). The van der Waals surface area contributed by atoms with Crippen LogP contribution in [0.5, 0.6) is 0 Å². The molecule has 2 aromatic heterocycles. The zero-order valence-electron chi connectivity index (χ0n) is 9.52. The van der Waals surface area contributed by atoms with Crippen molar-refractivity contribution in [1.82, 2.24) is 15.0 Å². The third-order valence-corrected chi connectivity index (χ3v) is 3.34. The van der Waals surface area contributed by atoms with Crippen LogP contribution in [0.3, 0.4) is 0 Å². The van der Waals surface area contributed by atoms with Crippen LogP contribution in [-0.2, 0) is 0 Å². The Kier molecular flexibility index (Phi) is 3.08. The molecule has 0 spiro atoms. The van der Waals surface area contributed by atoms with Crippen LogP contribution in [0.2, 0.25) is 5.02 Å². The summed E-state index contributed by atoms with van der Waals surface area (Å²) in [6.07, 6.45) is 1.65. The van der Waals surface area contributed by atoms with Gasteiger partial charge >= 0.3 is 0 Å². The summed E-state index contributed by atoms with van der Waals surface area (Å²) in [5, 5.41) is 0.975. The number of hydrogen-bond donors (Lipinski definition) is 1. The molecule has 0 saturated carbocycles. The molecule has 2 heterocycles. The fourth-order valence-electron chi connectivity index (χ4n) is 1.75. The van der Waals surface area contributed by atoms with Crippen molar-refractivity contribution in [2.24, 2.45) is 0 Å². The molecule has 3 aromatic rings. The van der Waals surface area contributed by atoms with Gasteiger partial charge in [-0.05, 0) is 46.3 Å². The first-order chi connectivity index (χ1) is 9.13. The average Bonchev–Trinajstić information content (AvgIpc) is 2.40. The summed E-state index contributed by atoms with van der Waals surface area (Å²) < 4.78 is 0.867. The first-order valence-electron chi connectivity index (χ1n) is 5.45. The van der Waals surface area contributed by atoms with Gasteiger partial charge in [0.25, 0.3) is 5.56 Å². The number of H-pyrrole nitrogens is 1. The van der Waals surface area contributed by atoms with Gasteiger partial charge in [-0.15, -0.1) is 0 Å². The van der Waals surface area contributed by atoms with E-state index >= 15 is 0 Å². The number of nitrogens with one attached hydrogen (secondary N) is 1. The molecule has 6 heteroatoms. The molecule has 0 bridgehead atoms. The van der Waals surface area contributed by atoms with Gasteiger partial charge in [-0.25, -0.2) is 4.98 Å². The molecule has 1 aromatic carbocycles. The molecule has 0 radical (unpaired) electrons. The van der Waals surface area contributed by atoms with E-state index in [0.29, 0.717) is 27.4 Å². The zero-order valence-corrected chi connectivity index (χ0v) is 11.9. The molecule has 0 atom stereocenters. The molecule has 0 aliphatic carbocycles. The molecule has 0 saturated heterocycles. The van der Waals surface area contributed by atoms with Crippen molar-refractivity contribution in [3.05, 3.63) is 56.4 Å². The lowest BCUT2D eigenvalue weighted by atomic mass is 10.2. The second-order valence-corrected chi connectivity index (χ2v) is 5.29. The standard InChI is InChI=1S/C13H7BrClN3O/c14-7-1-3-11(16-6-7)12-17-10-4-2-8(15)5-9(10)13(19)18-12/h1-6H,(H,17,18,19). The Morgan fingerprint density at radius 3 is 2.79 bits per heavy atom. The summed E-state index contributed by atoms with van der Waals surface area (Å²) >= 11 is 9.18. The average molecular weight is 337 g/mol. The lowest BCUT2D eigenvalue weighted by Gasteiger charge is -2.03. The van der Waals surface area contributed by atoms with E-state index in [0.717, 1.165) is 4.47 Å². The first-order valence-corrected chi connectivity index (χ1v) is 6.62. The highest BCUT2D eigenvalue weighted by Gasteiger charge is 2.07. The third-order valence-electron chi connectivity index (χ3n) is 2.64. The number of rotatable bonds is 1. The molecule has 94 valence electrons. The summed E-state index contributed by atoms with van der Waals surface area (Å²) in [6, 6.07) is 8.64. The van der Waals surface area contributed by atoms with Crippen LogP contribution in [-0.4, -0.2) is 15.0 Å². The number of aromatic amines is 1. The second-order valence-electron chi connectivity index (χ2n) is 3.94. The molecule has 0 aliphatic heterocycles. The van der Waals surface area contributed by atoms with Crippen LogP contribution in [0.15, 0.2) is 45.8 Å². The lowest BCUT2D eigenvalue weighted by molar-refractivity contribution is 1.14. The van der Waals surface area contributed by atoms with Gasteiger partial charge in [0, 0.05) is 15.7 Å². The van der Waals surface area contributed by atoms with E-state index in [2.05, 4.69) is 30.9 Å². The minimum absolute atomic E-state index is 0.229. The van der Waals surface area contributed by atoms with Crippen LogP contribution in [0.1, 0.15) is 0 Å². The predicted molar refractivity (Wildman–Crippen MR) is 78.3 cm³/mol. The predicted octanol–water partition coefficient (Wildman–Crippen LogP) is 3.40. The van der Waals surface area contributed by atoms with Crippen LogP contribution >= 0.6 is 27.5 Å². The molecule has 1 N–H and O–H groups in total. The maximum Gasteiger partial charge on any atom is 0.259 e. The van der Waals surface area contributed by atoms with Crippen LogP contribution < -0.4 is 5.56 Å². The maximum absolute atomic E-state index is 12.0. The fraction of sp³-hybridized carbons (Fsp3) is 0. The van der Waals surface area contributed by atoms with E-state index in [9.17, 15) is 4.79 Å². The fourth-order valence-corrected chi connectivity index (χ4v) is 2.15. The van der Waals surface area contributed by atoms with Gasteiger partial charge in [-0.3, -0.25) is 9.78 Å². The molecule has 0 aliphatic rings. The van der Waals surface area contributed by atoms with Gasteiger partial charge in [-0.1, -0.05) is 11.6 Å². The zero-order chi connectivity index (χ0) is 13.4. The Morgan fingerprint density at radius 2 is 2.05 bits per heavy atom. The van der Waals surface area contributed by atoms with Gasteiger partial charge in [0.15, 0.2) is 5.82 Å². The minimum atomic E-state index is -0.229. The number of pyridine rings is 1. The smallest absolute Gasteiger partial charge is 0.259 e. The van der Waals surface area contributed by atoms with Crippen LogP contribution in [0, 0.1) is 0 Å². The first kappa shape index (κ1) is 12.3. The van der Waals surface area contributed by atoms with Crippen molar-refractivity contribution in [2.75, 3.05) is 0 Å². The maximum atomic E-state index is 12.0. The van der Waals surface area contributed by atoms with E-state index in [1.807, 2.05) is 6.07 Å². The summed E-state index contributed by atoms with van der Waals surface area (Å²) in [5.41, 5.74) is 0.970. The minimum Gasteiger partial charge on any atom is -0.305 e. The van der Waals surface area contributed by atoms with Gasteiger partial charge in [0.2, 0.25) is 0 Å². The second kappa shape index (κ2) is 4.75. The largest absolute Gasteiger partial charge is 0.305 e. The normalized spacial score (nSPS) is 10.8. The van der Waals surface area contributed by atoms with Gasteiger partial charge < -0.3 is 4.98 Å². The molecule has 4 nitrogen and oxygen atoms in total. The van der Waals surface area contributed by atoms with E-state index in [-0.39, 0.29) is 5.56 Å². The van der Waals surface area contributed by atoms with E-state index < -0.39 is 0 Å². The van der Waals surface area contributed by atoms with E-state index in [1.165, 1.54) is 0 Å². The Labute approximate surface area is 121 Å². The Balaban J connectivity index is 2.24. The SMILES string of the molecule is O=c1[nH]c(-c2ccc(Br)cn2)nc2ccc(Cl)cc12. The number of fused-ring (bicyclic) bond motifs is 1.